The van der Waals surface area contributed by atoms with Crippen LogP contribution in [0.1, 0.15) is 19.3 Å². The van der Waals surface area contributed by atoms with Crippen LogP contribution in [0.15, 0.2) is 18.2 Å². The number of ether oxygens (including phenoxy) is 2. The zero-order chi connectivity index (χ0) is 15.7. The Kier molecular flexibility index (Phi) is 3.13. The zero-order valence-electron chi connectivity index (χ0n) is 12.4. The van der Waals surface area contributed by atoms with Crippen molar-refractivity contribution in [3.8, 4) is 0 Å². The number of carbonyl (C=O) groups excluding carboxylic acids is 1. The van der Waals surface area contributed by atoms with Crippen LogP contribution in [0.4, 0.5) is 10.5 Å². The first-order valence-electron chi connectivity index (χ1n) is 8.17. The maximum atomic E-state index is 12.2. The molecular weight excluding hydrogens is 337 g/mol. The highest BCUT2D eigenvalue weighted by molar-refractivity contribution is 6.35. The molecule has 122 valence electrons. The molecule has 3 saturated carbocycles. The van der Waals surface area contributed by atoms with E-state index in [0.717, 1.165) is 18.8 Å². The fourth-order valence-corrected chi connectivity index (χ4v) is 5.84. The summed E-state index contributed by atoms with van der Waals surface area (Å²) < 4.78 is 11.4. The van der Waals surface area contributed by atoms with Crippen LogP contribution < -0.4 is 5.32 Å². The monoisotopic (exact) mass is 353 g/mol. The molecule has 0 unspecified atom stereocenters. The molecule has 1 N–H and O–H groups in total. The van der Waals surface area contributed by atoms with Gasteiger partial charge in [0.15, 0.2) is 0 Å². The summed E-state index contributed by atoms with van der Waals surface area (Å²) in [6.07, 6.45) is 3.94. The average Bonchev–Trinajstić information content (AvgIpc) is 2.82. The second kappa shape index (κ2) is 5.01. The van der Waals surface area contributed by atoms with Crippen molar-refractivity contribution in [1.82, 2.24) is 0 Å². The number of halogens is 2. The third-order valence-electron chi connectivity index (χ3n) is 6.05. The molecule has 0 spiro atoms. The minimum absolute atomic E-state index is 0.0356. The Morgan fingerprint density at radius 3 is 2.70 bits per heavy atom. The van der Waals surface area contributed by atoms with Gasteiger partial charge in [0, 0.05) is 15.7 Å². The maximum absolute atomic E-state index is 12.2. The van der Waals surface area contributed by atoms with Crippen LogP contribution in [0.5, 0.6) is 0 Å². The smallest absolute Gasteiger partial charge is 0.411 e. The molecule has 1 aromatic carbocycles. The van der Waals surface area contributed by atoms with Gasteiger partial charge in [-0.3, -0.25) is 5.32 Å². The van der Waals surface area contributed by atoms with Crippen LogP contribution in [0, 0.1) is 23.7 Å². The molecule has 4 nitrogen and oxygen atoms in total. The summed E-state index contributed by atoms with van der Waals surface area (Å²) in [6, 6.07) is 4.95. The van der Waals surface area contributed by atoms with Crippen molar-refractivity contribution in [3.63, 3.8) is 0 Å². The number of benzene rings is 1. The molecule has 7 atom stereocenters. The molecule has 1 amide bonds. The van der Waals surface area contributed by atoms with Crippen molar-refractivity contribution in [3.05, 3.63) is 28.2 Å². The molecular formula is C17H17Cl2NO3. The van der Waals surface area contributed by atoms with E-state index in [4.69, 9.17) is 32.7 Å². The highest BCUT2D eigenvalue weighted by Crippen LogP contribution is 2.64. The molecule has 6 heteroatoms. The van der Waals surface area contributed by atoms with E-state index < -0.39 is 6.09 Å². The molecule has 1 aromatic rings. The topological polar surface area (TPSA) is 50.9 Å². The predicted molar refractivity (Wildman–Crippen MR) is 86.8 cm³/mol. The van der Waals surface area contributed by atoms with E-state index in [1.807, 2.05) is 0 Å². The molecule has 2 bridgehead atoms. The van der Waals surface area contributed by atoms with Gasteiger partial charge in [-0.15, -0.1) is 0 Å². The Balaban J connectivity index is 1.24. The van der Waals surface area contributed by atoms with Gasteiger partial charge in [0.05, 0.1) is 12.2 Å². The second-order valence-corrected chi connectivity index (χ2v) is 8.11. The molecule has 0 aromatic heterocycles. The minimum atomic E-state index is -0.420. The first-order valence-corrected chi connectivity index (χ1v) is 8.93. The summed E-state index contributed by atoms with van der Waals surface area (Å²) in [5.41, 5.74) is 0.559. The molecule has 23 heavy (non-hydrogen) atoms. The van der Waals surface area contributed by atoms with E-state index in [2.05, 4.69) is 5.32 Å². The van der Waals surface area contributed by atoms with Crippen LogP contribution in [0.3, 0.4) is 0 Å². The molecule has 4 fully saturated rings. The lowest BCUT2D eigenvalue weighted by Crippen LogP contribution is -2.35. The number of fused-ring (bicyclic) bond motifs is 7. The Morgan fingerprint density at radius 1 is 1.13 bits per heavy atom. The summed E-state index contributed by atoms with van der Waals surface area (Å²) in [5, 5.41) is 3.71. The van der Waals surface area contributed by atoms with Crippen LogP contribution in [0.2, 0.25) is 10.0 Å². The SMILES string of the molecule is O=C(Nc1cc(Cl)cc(Cl)c1)O[C@@H]1C[C@@H]2C[C@@H]1[C@H]1C[C@H]3O[C@@H]3[C@H]21. The predicted octanol–water partition coefficient (Wildman–Crippen LogP) is 4.35. The Hall–Kier alpha value is -0.970. The summed E-state index contributed by atoms with van der Waals surface area (Å²) in [7, 11) is 0. The van der Waals surface area contributed by atoms with E-state index in [1.165, 1.54) is 6.42 Å². The van der Waals surface area contributed by atoms with Crippen LogP contribution in [0.25, 0.3) is 0 Å². The van der Waals surface area contributed by atoms with Crippen LogP contribution in [-0.4, -0.2) is 24.4 Å². The summed E-state index contributed by atoms with van der Waals surface area (Å²) in [5.74, 6) is 2.59. The summed E-state index contributed by atoms with van der Waals surface area (Å²) in [4.78, 5) is 12.2. The zero-order valence-corrected chi connectivity index (χ0v) is 13.9. The summed E-state index contributed by atoms with van der Waals surface area (Å²) >= 11 is 11.9. The van der Waals surface area contributed by atoms with E-state index >= 15 is 0 Å². The second-order valence-electron chi connectivity index (χ2n) is 7.24. The highest BCUT2D eigenvalue weighted by Gasteiger charge is 2.67. The van der Waals surface area contributed by atoms with Gasteiger partial charge in [0.1, 0.15) is 6.10 Å². The first kappa shape index (κ1) is 14.4. The first-order chi connectivity index (χ1) is 11.1. The van der Waals surface area contributed by atoms with Crippen LogP contribution in [-0.2, 0) is 9.47 Å². The Labute approximate surface area is 144 Å². The van der Waals surface area contributed by atoms with Crippen molar-refractivity contribution in [1.29, 1.82) is 0 Å². The number of rotatable bonds is 2. The van der Waals surface area contributed by atoms with Crippen molar-refractivity contribution >= 4 is 35.0 Å². The number of carbonyl (C=O) groups is 1. The standard InChI is InChI=1S/C17H17Cl2NO3/c18-8-3-9(19)5-10(4-8)20-17(21)23-13-2-7-1-11(13)12-6-14-16(22-14)15(7)12/h3-5,7,11-16H,1-2,6H2,(H,20,21)/t7-,11+,12+,13+,14+,15+,16-/m0/s1. The van der Waals surface area contributed by atoms with Crippen LogP contribution >= 0.6 is 23.2 Å². The van der Waals surface area contributed by atoms with Crippen molar-refractivity contribution in [2.45, 2.75) is 37.6 Å². The third-order valence-corrected chi connectivity index (χ3v) is 6.49. The van der Waals surface area contributed by atoms with Gasteiger partial charge in [0.25, 0.3) is 0 Å². The maximum Gasteiger partial charge on any atom is 0.411 e. The number of anilines is 1. The van der Waals surface area contributed by atoms with Crippen molar-refractivity contribution in [2.24, 2.45) is 23.7 Å². The molecule has 5 rings (SSSR count). The van der Waals surface area contributed by atoms with E-state index in [9.17, 15) is 4.79 Å². The lowest BCUT2D eigenvalue weighted by atomic mass is 9.79. The lowest BCUT2D eigenvalue weighted by Gasteiger charge is -2.32. The molecule has 3 aliphatic carbocycles. The highest BCUT2D eigenvalue weighted by atomic mass is 35.5. The minimum Gasteiger partial charge on any atom is -0.446 e. The average molecular weight is 354 g/mol. The van der Waals surface area contributed by atoms with Gasteiger partial charge >= 0.3 is 6.09 Å². The van der Waals surface area contributed by atoms with Gasteiger partial charge in [-0.1, -0.05) is 23.2 Å². The fourth-order valence-electron chi connectivity index (χ4n) is 5.31. The molecule has 1 heterocycles. The van der Waals surface area contributed by atoms with Crippen molar-refractivity contribution < 1.29 is 14.3 Å². The number of hydrogen-bond donors (Lipinski definition) is 1. The quantitative estimate of drug-likeness (QED) is 0.803. The third kappa shape index (κ3) is 2.34. The number of nitrogens with one attached hydrogen (secondary N) is 1. The lowest BCUT2D eigenvalue weighted by molar-refractivity contribution is 0.0251. The van der Waals surface area contributed by atoms with E-state index in [-0.39, 0.29) is 6.10 Å². The Morgan fingerprint density at radius 2 is 1.91 bits per heavy atom. The van der Waals surface area contributed by atoms with Gasteiger partial charge in [0.2, 0.25) is 0 Å². The Bertz CT molecular complexity index is 662. The van der Waals surface area contributed by atoms with Gasteiger partial charge < -0.3 is 9.47 Å². The molecule has 1 saturated heterocycles. The largest absolute Gasteiger partial charge is 0.446 e. The van der Waals surface area contributed by atoms with E-state index in [0.29, 0.717) is 45.7 Å². The number of hydrogen-bond acceptors (Lipinski definition) is 3. The molecule has 1 aliphatic heterocycles. The molecule has 0 radical (unpaired) electrons. The number of epoxide rings is 1. The van der Waals surface area contributed by atoms with Gasteiger partial charge in [-0.25, -0.2) is 4.79 Å². The molecule has 4 aliphatic rings. The fraction of sp³-hybridized carbons (Fsp3) is 0.588. The van der Waals surface area contributed by atoms with Gasteiger partial charge in [-0.2, -0.15) is 0 Å². The van der Waals surface area contributed by atoms with Gasteiger partial charge in [-0.05, 0) is 61.1 Å². The van der Waals surface area contributed by atoms with Crippen molar-refractivity contribution in [2.75, 3.05) is 5.32 Å². The number of amides is 1. The normalized spacial score (nSPS) is 42.3. The van der Waals surface area contributed by atoms with E-state index in [1.54, 1.807) is 18.2 Å². The summed E-state index contributed by atoms with van der Waals surface area (Å²) in [6.45, 7) is 0.